The van der Waals surface area contributed by atoms with E-state index in [4.69, 9.17) is 56.8 Å². The third kappa shape index (κ3) is 15.4. The molecule has 0 bridgehead atoms. The van der Waals surface area contributed by atoms with Crippen molar-refractivity contribution in [3.05, 3.63) is 217 Å². The van der Waals surface area contributed by atoms with E-state index in [1.807, 2.05) is 91.0 Å². The zero-order valence-corrected chi connectivity index (χ0v) is 60.8. The van der Waals surface area contributed by atoms with Gasteiger partial charge in [0.25, 0.3) is 0 Å². The molecular formula is C74H67N21O21. The number of hydrogen-bond donors (Lipinski definition) is 9. The summed E-state index contributed by atoms with van der Waals surface area (Å²) in [4.78, 5) is 122. The summed E-state index contributed by atoms with van der Waals surface area (Å²) in [6.07, 6.45) is 0.427. The first kappa shape index (κ1) is 76.0. The Labute approximate surface area is 652 Å². The van der Waals surface area contributed by atoms with Crippen molar-refractivity contribution in [2.75, 3.05) is 36.1 Å². The van der Waals surface area contributed by atoms with Gasteiger partial charge in [0.1, 0.15) is 54.0 Å². The van der Waals surface area contributed by atoms with Crippen LogP contribution >= 0.6 is 0 Å². The van der Waals surface area contributed by atoms with E-state index in [0.29, 0.717) is 46.6 Å². The Morgan fingerprint density at radius 1 is 0.362 bits per heavy atom. The zero-order chi connectivity index (χ0) is 80.1. The summed E-state index contributed by atoms with van der Waals surface area (Å²) in [5.41, 5.74) is 4.12. The van der Waals surface area contributed by atoms with E-state index in [1.165, 1.54) is 100 Å². The van der Waals surface area contributed by atoms with Gasteiger partial charge in [0.05, 0.1) is 19.0 Å². The fraction of sp³-hybridized carbons (Fsp3) is 0.270. The average Bonchev–Trinajstić information content (AvgIpc) is 1.60. The Morgan fingerprint density at radius 3 is 0.940 bits per heavy atom. The lowest BCUT2D eigenvalue weighted by atomic mass is 10.2. The number of carboxylic acid groups (broad SMARTS) is 3. The van der Waals surface area contributed by atoms with Crippen LogP contribution in [0, 0.1) is 0 Å². The number of hydrogen-bond acceptors (Lipinski definition) is 30. The number of benzene rings is 3. The van der Waals surface area contributed by atoms with E-state index in [9.17, 15) is 44.1 Å². The lowest BCUT2D eigenvalue weighted by molar-refractivity contribution is -0.191. The number of ether oxygens (including phenoxy) is 12. The van der Waals surface area contributed by atoms with Gasteiger partial charge in [-0.15, -0.1) is 0 Å². The molecule has 12 unspecified atom stereocenters. The number of nitrogens with one attached hydrogen (secondary N) is 6. The number of pyridine rings is 3. The third-order valence-corrected chi connectivity index (χ3v) is 18.5. The minimum atomic E-state index is -1.20. The number of aromatic carboxylic acids is 3. The van der Waals surface area contributed by atoms with Crippen LogP contribution in [0.4, 0.5) is 31.8 Å². The van der Waals surface area contributed by atoms with Gasteiger partial charge in [0.2, 0.25) is 36.5 Å². The van der Waals surface area contributed by atoms with Gasteiger partial charge >= 0.3 is 36.0 Å². The van der Waals surface area contributed by atoms with Crippen LogP contribution in [0.3, 0.4) is 0 Å². The van der Waals surface area contributed by atoms with Gasteiger partial charge in [0.15, 0.2) is 107 Å². The molecule has 594 valence electrons. The van der Waals surface area contributed by atoms with E-state index in [2.05, 4.69) is 91.7 Å². The summed E-state index contributed by atoms with van der Waals surface area (Å²) >= 11 is 0. The molecule has 3 aromatic carbocycles. The molecule has 9 aromatic heterocycles. The summed E-state index contributed by atoms with van der Waals surface area (Å²) in [6.45, 7) is 4.48. The molecule has 6 amide bonds. The van der Waals surface area contributed by atoms with Crippen molar-refractivity contribution < 1.29 is 101 Å². The van der Waals surface area contributed by atoms with Crippen LogP contribution in [-0.4, -0.2) is 200 Å². The first-order valence-corrected chi connectivity index (χ1v) is 35.8. The summed E-state index contributed by atoms with van der Waals surface area (Å²) in [6, 6.07) is 35.4. The molecule has 9 N–H and O–H groups in total. The normalized spacial score (nSPS) is 24.0. The molecule has 6 fully saturated rings. The Balaban J connectivity index is 0.000000131. The SMILES string of the molecule is CCNC(=O)Nc1ncnc2c1ncn2C1OC(Oc2ncccc2C(=O)O)C2O[C@@H](c3ccccc3)OC21.CCNC(=O)Nc1ncnc2c1ncn2C1OC(Oc2ncccc2C(=O)O)C2O[C@H](c3ccccc3)OC21.CNC(=O)Nc1ncnc2c1ncn2C1OC(Oc2ncccc2C(=O)O)C2O[C@H](c3ccccc3)OC21. The van der Waals surface area contributed by atoms with Crippen LogP contribution in [-0.2, 0) is 42.6 Å². The second-order valence-electron chi connectivity index (χ2n) is 25.7. The van der Waals surface area contributed by atoms with Gasteiger partial charge in [-0.1, -0.05) is 91.0 Å². The number of carbonyl (C=O) groups is 6. The second-order valence-corrected chi connectivity index (χ2v) is 25.7. The van der Waals surface area contributed by atoms with Crippen molar-refractivity contribution >= 4 is 86.9 Å². The number of rotatable bonds is 20. The standard InChI is InChI=1S/2C25H23N7O7.C24H21N7O7/c2*1-2-26-25(35)31-18-15-19(29-11-28-18)32(12-30-15)21-16-17(37-23(36-16)13-7-4-3-5-8-13)24(39-21)38-20-14(22(33)34)9-6-10-27-20;1-25-24(34)30-17-14-18(28-10-27-17)31(11-29-14)20-15-16(36-22(35-15)12-6-3-2-4-7-12)23(38-20)37-19-13(21(32)33)8-5-9-26-19/h2*3-12,16-17,21,23-24H,2H2,1H3,(H,33,34)(H2,26,28,29,31,35);2-11,15-16,20,22-23H,1H3,(H,32,33)(H2,25,27,28,30,34)/t2*16?,17?,21?,23-,24?;15?,16?,20?,22-,23?/m101/s1. The average molecular weight is 1590 g/mol. The number of aromatic nitrogens is 15. The van der Waals surface area contributed by atoms with E-state index in [0.717, 1.165) is 16.7 Å². The molecule has 15 heterocycles. The van der Waals surface area contributed by atoms with Gasteiger partial charge < -0.3 is 88.1 Å². The van der Waals surface area contributed by atoms with Crippen LogP contribution < -0.4 is 46.1 Å². The summed E-state index contributed by atoms with van der Waals surface area (Å²) in [7, 11) is 1.48. The molecule has 116 heavy (non-hydrogen) atoms. The quantitative estimate of drug-likeness (QED) is 0.0369. The highest BCUT2D eigenvalue weighted by molar-refractivity contribution is 5.98. The number of imidazole rings is 3. The topological polar surface area (TPSA) is 516 Å². The van der Waals surface area contributed by atoms with Gasteiger partial charge in [-0.3, -0.25) is 29.7 Å². The molecule has 12 aromatic rings. The van der Waals surface area contributed by atoms with Crippen LogP contribution in [0.2, 0.25) is 0 Å². The number of fused-ring (bicyclic) bond motifs is 6. The van der Waals surface area contributed by atoms with E-state index < -0.39 is 129 Å². The lowest BCUT2D eigenvalue weighted by Crippen LogP contribution is -2.33. The fourth-order valence-electron chi connectivity index (χ4n) is 13.4. The van der Waals surface area contributed by atoms with Gasteiger partial charge in [-0.2, -0.15) is 0 Å². The second kappa shape index (κ2) is 33.4. The molecule has 0 aliphatic carbocycles. The molecule has 42 heteroatoms. The molecule has 6 aliphatic rings. The summed E-state index contributed by atoms with van der Waals surface area (Å²) in [5.74, 6) is -3.29. The number of amides is 6. The molecule has 0 spiro atoms. The fourth-order valence-corrected chi connectivity index (χ4v) is 13.4. The molecular weight excluding hydrogens is 1520 g/mol. The van der Waals surface area contributed by atoms with Gasteiger partial charge in [0, 0.05) is 55.4 Å². The van der Waals surface area contributed by atoms with Crippen molar-refractivity contribution in [2.24, 2.45) is 0 Å². The maximum atomic E-state index is 12.1. The van der Waals surface area contributed by atoms with Crippen molar-refractivity contribution in [1.82, 2.24) is 89.5 Å². The van der Waals surface area contributed by atoms with Crippen LogP contribution in [0.1, 0.15) is 99.2 Å². The van der Waals surface area contributed by atoms with Gasteiger partial charge in [-0.25, -0.2) is 88.6 Å². The lowest BCUT2D eigenvalue weighted by Gasteiger charge is -2.22. The first-order chi connectivity index (χ1) is 56.6. The number of urea groups is 3. The maximum Gasteiger partial charge on any atom is 0.341 e. The molecule has 42 nitrogen and oxygen atoms in total. The van der Waals surface area contributed by atoms with Crippen molar-refractivity contribution in [1.29, 1.82) is 0 Å². The minimum absolute atomic E-state index is 0.118. The largest absolute Gasteiger partial charge is 0.477 e. The maximum absolute atomic E-state index is 12.1. The van der Waals surface area contributed by atoms with Gasteiger partial charge in [-0.05, 0) is 50.2 Å². The molecule has 18 rings (SSSR count). The smallest absolute Gasteiger partial charge is 0.341 e. The van der Waals surface area contributed by atoms with Crippen LogP contribution in [0.5, 0.6) is 17.6 Å². The van der Waals surface area contributed by atoms with E-state index in [1.54, 1.807) is 27.5 Å². The Kier molecular flexibility index (Phi) is 21.9. The molecule has 0 radical (unpaired) electrons. The van der Waals surface area contributed by atoms with Crippen molar-refractivity contribution in [3.63, 3.8) is 0 Å². The number of carboxylic acids is 3. The van der Waals surface area contributed by atoms with Crippen LogP contribution in [0.25, 0.3) is 33.5 Å². The monoisotopic (exact) mass is 1590 g/mol. The molecule has 15 atom stereocenters. The summed E-state index contributed by atoms with van der Waals surface area (Å²) in [5, 5.41) is 44.4. The number of nitrogens with zero attached hydrogens (tertiary/aromatic N) is 15. The zero-order valence-electron chi connectivity index (χ0n) is 60.8. The third-order valence-electron chi connectivity index (χ3n) is 18.5. The predicted molar refractivity (Wildman–Crippen MR) is 393 cm³/mol. The predicted octanol–water partition coefficient (Wildman–Crippen LogP) is 7.04. The minimum Gasteiger partial charge on any atom is -0.477 e. The van der Waals surface area contributed by atoms with Crippen molar-refractivity contribution in [2.45, 2.75) is 107 Å². The number of carbonyl (C=O) groups excluding carboxylic acids is 3. The Bertz CT molecular complexity index is 5380. The Hall–Kier alpha value is -14.0. The van der Waals surface area contributed by atoms with Crippen LogP contribution in [0.15, 0.2) is 184 Å². The first-order valence-electron chi connectivity index (χ1n) is 35.8. The highest BCUT2D eigenvalue weighted by atomic mass is 16.8. The summed E-state index contributed by atoms with van der Waals surface area (Å²) < 4.78 is 78.9. The van der Waals surface area contributed by atoms with Crippen molar-refractivity contribution in [3.8, 4) is 17.6 Å². The molecule has 0 saturated carbocycles. The highest BCUT2D eigenvalue weighted by Gasteiger charge is 2.59. The number of anilines is 3. The molecule has 6 aliphatic heterocycles. The van der Waals surface area contributed by atoms with E-state index in [-0.39, 0.29) is 51.8 Å². The van der Waals surface area contributed by atoms with E-state index >= 15 is 0 Å². The molecule has 6 saturated heterocycles. The Morgan fingerprint density at radius 2 is 0.655 bits per heavy atom. The highest BCUT2D eigenvalue weighted by Crippen LogP contribution is 2.49.